The van der Waals surface area contributed by atoms with E-state index in [0.29, 0.717) is 0 Å². The Bertz CT molecular complexity index is 511. The summed E-state index contributed by atoms with van der Waals surface area (Å²) in [4.78, 5) is 2.86. The van der Waals surface area contributed by atoms with Crippen LogP contribution in [0.15, 0.2) is 46.2 Å². The third-order valence-corrected chi connectivity index (χ3v) is 5.64. The van der Waals surface area contributed by atoms with Gasteiger partial charge in [0.15, 0.2) is 0 Å². The quantitative estimate of drug-likeness (QED) is 0.546. The molecule has 0 fully saturated rings. The summed E-state index contributed by atoms with van der Waals surface area (Å²) in [5.74, 6) is 0. The fourth-order valence-corrected chi connectivity index (χ4v) is 4.69. The van der Waals surface area contributed by atoms with Gasteiger partial charge in [-0.05, 0) is 36.6 Å². The first-order chi connectivity index (χ1) is 7.72. The Balaban J connectivity index is 2.10. The molecule has 0 spiro atoms. The number of rotatable bonds is 0. The highest BCUT2D eigenvalue weighted by Crippen LogP contribution is 2.36. The summed E-state index contributed by atoms with van der Waals surface area (Å²) in [6.45, 7) is 4.34. The van der Waals surface area contributed by atoms with Crippen molar-refractivity contribution in [3.8, 4) is 0 Å². The van der Waals surface area contributed by atoms with E-state index in [9.17, 15) is 0 Å². The first-order valence-electron chi connectivity index (χ1n) is 5.38. The fourth-order valence-electron chi connectivity index (χ4n) is 1.92. The predicted octanol–water partition coefficient (Wildman–Crippen LogP) is 3.40. The minimum absolute atomic E-state index is 0.816. The Kier molecular flexibility index (Phi) is 2.53. The van der Waals surface area contributed by atoms with E-state index in [4.69, 9.17) is 0 Å². The Labute approximate surface area is 102 Å². The van der Waals surface area contributed by atoms with Crippen molar-refractivity contribution in [2.45, 2.75) is 23.6 Å². The number of hydrogen-bond donors (Lipinski definition) is 0. The Hall–Kier alpha value is -0.780. The van der Waals surface area contributed by atoms with Gasteiger partial charge in [0.05, 0.1) is 0 Å². The highest BCUT2D eigenvalue weighted by Gasteiger charge is 2.15. The van der Waals surface area contributed by atoms with Gasteiger partial charge in [0, 0.05) is 9.79 Å². The maximum atomic E-state index is 2.33. The smallest absolute Gasteiger partial charge is 0.0200 e. The Morgan fingerprint density at radius 3 is 1.81 bits per heavy atom. The normalized spacial score (nSPS) is 13.1. The molecule has 2 heteroatoms. The van der Waals surface area contributed by atoms with Gasteiger partial charge < -0.3 is 0 Å². The van der Waals surface area contributed by atoms with Crippen LogP contribution in [0.1, 0.15) is 11.1 Å². The summed E-state index contributed by atoms with van der Waals surface area (Å²) >= 11 is 1.91. The number of hydrogen-bond acceptors (Lipinski definition) is 1. The molecule has 0 aliphatic carbocycles. The van der Waals surface area contributed by atoms with Crippen LogP contribution in [0.3, 0.4) is 0 Å². The maximum absolute atomic E-state index is 2.33. The van der Waals surface area contributed by atoms with Gasteiger partial charge in [-0.15, -0.1) is 0 Å². The summed E-state index contributed by atoms with van der Waals surface area (Å²) < 4.78 is 0. The summed E-state index contributed by atoms with van der Waals surface area (Å²) in [5, 5.41) is 3.01. The van der Waals surface area contributed by atoms with Gasteiger partial charge in [-0.25, -0.2) is 0 Å². The molecule has 0 saturated heterocycles. The lowest BCUT2D eigenvalue weighted by molar-refractivity contribution is 1.38. The average Bonchev–Trinajstić information content (AvgIpc) is 2.26. The predicted molar refractivity (Wildman–Crippen MR) is 74.1 cm³/mol. The van der Waals surface area contributed by atoms with E-state index >= 15 is 0 Å². The summed E-state index contributed by atoms with van der Waals surface area (Å²) in [7, 11) is 0.816. The number of fused-ring (bicyclic) bond motifs is 2. The molecule has 80 valence electrons. The summed E-state index contributed by atoms with van der Waals surface area (Å²) in [5.41, 5.74) is 2.73. The second-order valence-corrected chi connectivity index (χ2v) is 6.64. The Morgan fingerprint density at radius 1 is 0.812 bits per heavy atom. The molecule has 0 unspecified atom stereocenters. The van der Waals surface area contributed by atoms with Crippen LogP contribution in [0, 0.1) is 13.8 Å². The fraction of sp³-hybridized carbons (Fsp3) is 0.143. The van der Waals surface area contributed by atoms with E-state index in [1.54, 1.807) is 0 Å². The first kappa shape index (κ1) is 10.4. The molecule has 2 aromatic rings. The Morgan fingerprint density at radius 2 is 1.31 bits per heavy atom. The van der Waals surface area contributed by atoms with Crippen LogP contribution in [-0.2, 0) is 0 Å². The third-order valence-electron chi connectivity index (χ3n) is 2.76. The molecule has 16 heavy (non-hydrogen) atoms. The minimum Gasteiger partial charge on any atom is -0.0888 e. The van der Waals surface area contributed by atoms with Gasteiger partial charge in [-0.3, -0.25) is 0 Å². The van der Waals surface area contributed by atoms with Crippen molar-refractivity contribution < 1.29 is 0 Å². The molecule has 0 bridgehead atoms. The zero-order chi connectivity index (χ0) is 11.1. The third kappa shape index (κ3) is 1.79. The van der Waals surface area contributed by atoms with Gasteiger partial charge in [0.2, 0.25) is 0 Å². The zero-order valence-electron chi connectivity index (χ0n) is 9.37. The molecule has 1 heterocycles. The van der Waals surface area contributed by atoms with Crippen LogP contribution in [-0.4, -0.2) is 0 Å². The lowest BCUT2D eigenvalue weighted by Crippen LogP contribution is -2.14. The highest BCUT2D eigenvalue weighted by atomic mass is 32.2. The molecule has 1 aliphatic rings. The van der Waals surface area contributed by atoms with Crippen molar-refractivity contribution >= 4 is 31.0 Å². The first-order valence-corrected chi connectivity index (χ1v) is 7.20. The van der Waals surface area contributed by atoms with Crippen LogP contribution < -0.4 is 10.6 Å². The SMILES string of the molecule is Cc1ccc2c(c1)Pc1cc(C)ccc1S2. The molecule has 1 aliphatic heterocycles. The van der Waals surface area contributed by atoms with E-state index in [2.05, 4.69) is 50.2 Å². The van der Waals surface area contributed by atoms with Crippen LogP contribution in [0.4, 0.5) is 0 Å². The molecule has 3 rings (SSSR count). The van der Waals surface area contributed by atoms with Crippen LogP contribution >= 0.6 is 20.3 Å². The molecule has 0 radical (unpaired) electrons. The average molecular weight is 244 g/mol. The molecular formula is C14H13PS. The van der Waals surface area contributed by atoms with E-state index < -0.39 is 0 Å². The minimum atomic E-state index is 0.816. The summed E-state index contributed by atoms with van der Waals surface area (Å²) in [6.07, 6.45) is 0. The molecule has 0 aromatic heterocycles. The standard InChI is InChI=1S/C14H13PS/c1-9-3-5-13-11(7-9)15-12-8-10(2)4-6-14(12)16-13/h3-8,15H,1-2H3. The van der Waals surface area contributed by atoms with Crippen molar-refractivity contribution in [1.29, 1.82) is 0 Å². The largest absolute Gasteiger partial charge is 0.0888 e. The highest BCUT2D eigenvalue weighted by molar-refractivity contribution is 8.01. The van der Waals surface area contributed by atoms with E-state index in [-0.39, 0.29) is 0 Å². The van der Waals surface area contributed by atoms with Crippen LogP contribution in [0.5, 0.6) is 0 Å². The van der Waals surface area contributed by atoms with Gasteiger partial charge in [0.1, 0.15) is 0 Å². The van der Waals surface area contributed by atoms with Crippen molar-refractivity contribution in [3.05, 3.63) is 47.5 Å². The van der Waals surface area contributed by atoms with E-state index in [0.717, 1.165) is 8.58 Å². The molecule has 0 nitrogen and oxygen atoms in total. The molecule has 0 amide bonds. The van der Waals surface area contributed by atoms with Crippen molar-refractivity contribution in [2.75, 3.05) is 0 Å². The number of aryl methyl sites for hydroxylation is 2. The van der Waals surface area contributed by atoms with Gasteiger partial charge in [-0.2, -0.15) is 0 Å². The van der Waals surface area contributed by atoms with Crippen molar-refractivity contribution in [3.63, 3.8) is 0 Å². The topological polar surface area (TPSA) is 0 Å². The summed E-state index contributed by atoms with van der Waals surface area (Å²) in [6, 6.07) is 13.6. The van der Waals surface area contributed by atoms with Gasteiger partial charge >= 0.3 is 0 Å². The van der Waals surface area contributed by atoms with Crippen molar-refractivity contribution in [1.82, 2.24) is 0 Å². The second-order valence-electron chi connectivity index (χ2n) is 4.23. The molecule has 0 atom stereocenters. The maximum Gasteiger partial charge on any atom is 0.0200 e. The lowest BCUT2D eigenvalue weighted by atomic mass is 10.2. The zero-order valence-corrected chi connectivity index (χ0v) is 11.2. The molecule has 0 N–H and O–H groups in total. The lowest BCUT2D eigenvalue weighted by Gasteiger charge is -2.19. The van der Waals surface area contributed by atoms with Crippen molar-refractivity contribution in [2.24, 2.45) is 0 Å². The van der Waals surface area contributed by atoms with E-state index in [1.807, 2.05) is 11.8 Å². The van der Waals surface area contributed by atoms with Gasteiger partial charge in [-0.1, -0.05) is 55.7 Å². The molecular weight excluding hydrogens is 231 g/mol. The second kappa shape index (κ2) is 3.91. The van der Waals surface area contributed by atoms with Gasteiger partial charge in [0.25, 0.3) is 0 Å². The monoisotopic (exact) mass is 244 g/mol. The van der Waals surface area contributed by atoms with E-state index in [1.165, 1.54) is 31.5 Å². The number of benzene rings is 2. The van der Waals surface area contributed by atoms with Crippen LogP contribution in [0.2, 0.25) is 0 Å². The molecule has 0 saturated carbocycles. The van der Waals surface area contributed by atoms with Crippen LogP contribution in [0.25, 0.3) is 0 Å². The molecule has 2 aromatic carbocycles.